The Kier molecular flexibility index (Phi) is 8.62. The number of anilines is 3. The predicted octanol–water partition coefficient (Wildman–Crippen LogP) is 7.82. The van der Waals surface area contributed by atoms with Crippen molar-refractivity contribution < 1.29 is 4.79 Å². The molecule has 0 spiro atoms. The molecule has 0 aliphatic heterocycles. The van der Waals surface area contributed by atoms with E-state index in [-0.39, 0.29) is 11.2 Å². The molecule has 1 amide bonds. The number of carbonyl (C=O) groups excluding carboxylic acids is 1. The molecular weight excluding hydrogens is 541 g/mol. The molecule has 3 N–H and O–H groups in total. The van der Waals surface area contributed by atoms with Crippen molar-refractivity contribution in [3.8, 4) is 6.07 Å². The molecule has 1 aliphatic rings. The zero-order valence-electron chi connectivity index (χ0n) is 21.4. The van der Waals surface area contributed by atoms with Gasteiger partial charge in [-0.05, 0) is 85.8 Å². The molecule has 1 aliphatic carbocycles. The number of nitrogens with one attached hydrogen (secondary N) is 3. The van der Waals surface area contributed by atoms with Crippen LogP contribution >= 0.6 is 35.3 Å². The highest BCUT2D eigenvalue weighted by molar-refractivity contribution is 8.00. The molecule has 8 heteroatoms. The summed E-state index contributed by atoms with van der Waals surface area (Å²) < 4.78 is 0. The third-order valence-corrected chi connectivity index (χ3v) is 9.16. The van der Waals surface area contributed by atoms with E-state index in [2.05, 4.69) is 46.3 Å². The SMILES string of the molecule is CC(Sc1cccc(NC(=S)Nc2ccccc2)c1)C(=O)Nc1sc2c(c1C#N)CCC(c1ccccc1)C2. The van der Waals surface area contributed by atoms with E-state index in [4.69, 9.17) is 12.2 Å². The number of para-hydroxylation sites is 1. The second-order valence-electron chi connectivity index (χ2n) is 9.39. The zero-order valence-corrected chi connectivity index (χ0v) is 23.9. The number of hydrogen-bond acceptors (Lipinski definition) is 5. The summed E-state index contributed by atoms with van der Waals surface area (Å²) in [6.45, 7) is 1.88. The Morgan fingerprint density at radius 3 is 2.44 bits per heavy atom. The fraction of sp³-hybridized carbons (Fsp3) is 0.194. The van der Waals surface area contributed by atoms with E-state index >= 15 is 0 Å². The van der Waals surface area contributed by atoms with Crippen LogP contribution in [0.25, 0.3) is 0 Å². The van der Waals surface area contributed by atoms with Gasteiger partial charge in [-0.25, -0.2) is 0 Å². The number of fused-ring (bicyclic) bond motifs is 1. The van der Waals surface area contributed by atoms with Gasteiger partial charge in [-0.1, -0.05) is 54.6 Å². The highest BCUT2D eigenvalue weighted by Gasteiger charge is 2.28. The molecule has 5 nitrogen and oxygen atoms in total. The Morgan fingerprint density at radius 2 is 1.69 bits per heavy atom. The summed E-state index contributed by atoms with van der Waals surface area (Å²) in [5.74, 6) is 0.327. The number of thiocarbonyl (C=S) groups is 1. The summed E-state index contributed by atoms with van der Waals surface area (Å²) in [4.78, 5) is 15.3. The third-order valence-electron chi connectivity index (χ3n) is 6.69. The smallest absolute Gasteiger partial charge is 0.238 e. The van der Waals surface area contributed by atoms with Crippen LogP contribution in [0.5, 0.6) is 0 Å². The Hall–Kier alpha value is -3.64. The fourth-order valence-corrected chi connectivity index (χ4v) is 7.18. The molecule has 4 aromatic rings. The van der Waals surface area contributed by atoms with Crippen LogP contribution in [0.2, 0.25) is 0 Å². The summed E-state index contributed by atoms with van der Waals surface area (Å²) in [5, 5.41) is 20.1. The van der Waals surface area contributed by atoms with Crippen molar-refractivity contribution in [1.82, 2.24) is 0 Å². The van der Waals surface area contributed by atoms with Crippen molar-refractivity contribution in [2.24, 2.45) is 0 Å². The molecule has 2 unspecified atom stereocenters. The largest absolute Gasteiger partial charge is 0.332 e. The Balaban J connectivity index is 1.21. The number of amides is 1. The molecule has 5 rings (SSSR count). The molecule has 196 valence electrons. The summed E-state index contributed by atoms with van der Waals surface area (Å²) in [6.07, 6.45) is 2.77. The zero-order chi connectivity index (χ0) is 27.2. The number of thioether (sulfide) groups is 1. The Morgan fingerprint density at radius 1 is 1.00 bits per heavy atom. The van der Waals surface area contributed by atoms with Crippen LogP contribution in [0.15, 0.2) is 89.8 Å². The van der Waals surface area contributed by atoms with E-state index in [0.29, 0.717) is 21.6 Å². The highest BCUT2D eigenvalue weighted by Crippen LogP contribution is 2.42. The lowest BCUT2D eigenvalue weighted by atomic mass is 9.83. The summed E-state index contributed by atoms with van der Waals surface area (Å²) in [7, 11) is 0. The van der Waals surface area contributed by atoms with Gasteiger partial charge in [-0.2, -0.15) is 5.26 Å². The quantitative estimate of drug-likeness (QED) is 0.156. The average molecular weight is 569 g/mol. The third kappa shape index (κ3) is 6.69. The number of benzene rings is 3. The second kappa shape index (κ2) is 12.5. The monoisotopic (exact) mass is 568 g/mol. The lowest BCUT2D eigenvalue weighted by molar-refractivity contribution is -0.115. The van der Waals surface area contributed by atoms with Crippen molar-refractivity contribution >= 4 is 62.7 Å². The van der Waals surface area contributed by atoms with Gasteiger partial charge in [0.05, 0.1) is 10.8 Å². The predicted molar refractivity (Wildman–Crippen MR) is 167 cm³/mol. The topological polar surface area (TPSA) is 76.9 Å². The maximum atomic E-state index is 13.2. The van der Waals surface area contributed by atoms with Crippen molar-refractivity contribution in [2.45, 2.75) is 42.2 Å². The first-order chi connectivity index (χ1) is 19.0. The lowest BCUT2D eigenvalue weighted by Crippen LogP contribution is -2.22. The normalized spacial score (nSPS) is 14.9. The minimum Gasteiger partial charge on any atom is -0.332 e. The number of rotatable bonds is 7. The molecule has 1 aromatic heterocycles. The average Bonchev–Trinajstić information content (AvgIpc) is 3.30. The Bertz CT molecular complexity index is 1510. The molecule has 0 saturated heterocycles. The number of hydrogen-bond donors (Lipinski definition) is 3. The minimum atomic E-state index is -0.350. The van der Waals surface area contributed by atoms with Crippen molar-refractivity contribution in [2.75, 3.05) is 16.0 Å². The summed E-state index contributed by atoms with van der Waals surface area (Å²) >= 11 is 8.46. The molecule has 39 heavy (non-hydrogen) atoms. The van der Waals surface area contributed by atoms with Gasteiger partial charge in [0.1, 0.15) is 11.1 Å². The van der Waals surface area contributed by atoms with E-state index in [1.165, 1.54) is 22.2 Å². The Labute approximate surface area is 242 Å². The van der Waals surface area contributed by atoms with Gasteiger partial charge in [0.15, 0.2) is 5.11 Å². The maximum Gasteiger partial charge on any atom is 0.238 e. The fourth-order valence-electron chi connectivity index (χ4n) is 4.74. The van der Waals surface area contributed by atoms with E-state index in [1.54, 1.807) is 11.3 Å². The van der Waals surface area contributed by atoms with Gasteiger partial charge in [-0.15, -0.1) is 23.1 Å². The molecule has 2 atom stereocenters. The second-order valence-corrected chi connectivity index (χ2v) is 12.3. The van der Waals surface area contributed by atoms with Gasteiger partial charge in [0.25, 0.3) is 0 Å². The molecule has 0 fully saturated rings. The van der Waals surface area contributed by atoms with Gasteiger partial charge in [0.2, 0.25) is 5.91 Å². The lowest BCUT2D eigenvalue weighted by Gasteiger charge is -2.22. The number of nitriles is 1. The number of carbonyl (C=O) groups is 1. The number of nitrogens with zero attached hydrogens (tertiary/aromatic N) is 1. The molecule has 0 saturated carbocycles. The van der Waals surface area contributed by atoms with E-state index in [0.717, 1.165) is 41.1 Å². The maximum absolute atomic E-state index is 13.2. The van der Waals surface area contributed by atoms with Crippen LogP contribution in [-0.2, 0) is 17.6 Å². The van der Waals surface area contributed by atoms with Crippen LogP contribution in [0.3, 0.4) is 0 Å². The first-order valence-corrected chi connectivity index (χ1v) is 14.9. The van der Waals surface area contributed by atoms with Crippen molar-refractivity contribution in [3.63, 3.8) is 0 Å². The molecule has 0 radical (unpaired) electrons. The first-order valence-electron chi connectivity index (χ1n) is 12.8. The van der Waals surface area contributed by atoms with E-state index < -0.39 is 0 Å². The van der Waals surface area contributed by atoms with Gasteiger partial charge in [0, 0.05) is 21.1 Å². The highest BCUT2D eigenvalue weighted by atomic mass is 32.2. The van der Waals surface area contributed by atoms with Crippen LogP contribution in [-0.4, -0.2) is 16.3 Å². The molecule has 1 heterocycles. The van der Waals surface area contributed by atoms with E-state index in [1.807, 2.05) is 67.6 Å². The first kappa shape index (κ1) is 26.9. The van der Waals surface area contributed by atoms with E-state index in [9.17, 15) is 10.1 Å². The van der Waals surface area contributed by atoms with Crippen LogP contribution in [0, 0.1) is 11.3 Å². The minimum absolute atomic E-state index is 0.116. The number of thiophene rings is 1. The van der Waals surface area contributed by atoms with Crippen LogP contribution in [0.4, 0.5) is 16.4 Å². The van der Waals surface area contributed by atoms with Gasteiger partial charge in [-0.3, -0.25) is 4.79 Å². The van der Waals surface area contributed by atoms with Crippen LogP contribution < -0.4 is 16.0 Å². The molecular formula is C31H28N4OS3. The van der Waals surface area contributed by atoms with Gasteiger partial charge < -0.3 is 16.0 Å². The standard InChI is InChI=1S/C31H28N4OS3/c1-20(38-25-14-8-13-24(18-25)34-31(37)33-23-11-6-3-7-12-23)29(36)35-30-27(19-32)26-16-15-22(17-28(26)39-30)21-9-4-2-5-10-21/h2-14,18,20,22H,15-17H2,1H3,(H,35,36)(H2,33,34,37). The molecule has 0 bridgehead atoms. The van der Waals surface area contributed by atoms with Crippen molar-refractivity contribution in [3.05, 3.63) is 106 Å². The van der Waals surface area contributed by atoms with Crippen molar-refractivity contribution in [1.29, 1.82) is 5.26 Å². The van der Waals surface area contributed by atoms with Gasteiger partial charge >= 0.3 is 0 Å². The van der Waals surface area contributed by atoms with Crippen LogP contribution in [0.1, 0.15) is 40.8 Å². The summed E-state index contributed by atoms with van der Waals surface area (Å²) in [6, 6.07) is 30.5. The molecule has 3 aromatic carbocycles. The summed E-state index contributed by atoms with van der Waals surface area (Å²) in [5.41, 5.74) is 4.81.